The molecule has 0 amide bonds. The van der Waals surface area contributed by atoms with Crippen LogP contribution in [0.2, 0.25) is 0 Å². The van der Waals surface area contributed by atoms with Gasteiger partial charge in [0.2, 0.25) is 0 Å². The molecule has 0 saturated carbocycles. The Labute approximate surface area is 400 Å². The summed E-state index contributed by atoms with van der Waals surface area (Å²) < 4.78 is 16.7. The van der Waals surface area contributed by atoms with E-state index in [1.54, 1.807) is 0 Å². The minimum Gasteiger partial charge on any atom is -0.462 e. The van der Waals surface area contributed by atoms with Crippen molar-refractivity contribution in [3.8, 4) is 0 Å². The molecule has 0 aliphatic heterocycles. The summed E-state index contributed by atoms with van der Waals surface area (Å²) in [6.45, 7) is 6.38. The van der Waals surface area contributed by atoms with Gasteiger partial charge in [-0.2, -0.15) is 0 Å². The molecule has 0 N–H and O–H groups in total. The molecule has 0 aliphatic carbocycles. The third-order valence-electron chi connectivity index (χ3n) is 10.7. The van der Waals surface area contributed by atoms with Crippen LogP contribution in [0.3, 0.4) is 0 Å². The van der Waals surface area contributed by atoms with Crippen LogP contribution in [0.15, 0.2) is 109 Å². The average Bonchev–Trinajstić information content (AvgIpc) is 3.30. The van der Waals surface area contributed by atoms with Crippen molar-refractivity contribution in [1.29, 1.82) is 0 Å². The Morgan fingerprint density at radius 2 is 0.615 bits per heavy atom. The number of carbonyl (C=O) groups excluding carboxylic acids is 3. The minimum atomic E-state index is -0.816. The summed E-state index contributed by atoms with van der Waals surface area (Å²) in [4.78, 5) is 38.0. The fraction of sp³-hybridized carbons (Fsp3) is 0.644. The summed E-state index contributed by atoms with van der Waals surface area (Å²) in [5.41, 5.74) is 0. The summed E-state index contributed by atoms with van der Waals surface area (Å²) in [6.07, 6.45) is 70.7. The first-order chi connectivity index (χ1) is 32.0. The van der Waals surface area contributed by atoms with E-state index in [1.807, 2.05) is 0 Å². The predicted molar refractivity (Wildman–Crippen MR) is 279 cm³/mol. The number of carbonyl (C=O) groups is 3. The molecular weight excluding hydrogens is 805 g/mol. The summed E-state index contributed by atoms with van der Waals surface area (Å²) in [5.74, 6) is -1.00. The molecule has 0 aromatic heterocycles. The van der Waals surface area contributed by atoms with E-state index in [0.29, 0.717) is 19.3 Å². The first kappa shape index (κ1) is 61.1. The first-order valence-electron chi connectivity index (χ1n) is 26.4. The summed E-state index contributed by atoms with van der Waals surface area (Å²) >= 11 is 0. The van der Waals surface area contributed by atoms with Gasteiger partial charge in [0, 0.05) is 19.3 Å². The summed E-state index contributed by atoms with van der Waals surface area (Å²) in [7, 11) is 0. The van der Waals surface area contributed by atoms with Gasteiger partial charge in [0.25, 0.3) is 0 Å². The number of esters is 3. The highest BCUT2D eigenvalue weighted by Gasteiger charge is 2.19. The van der Waals surface area contributed by atoms with Crippen LogP contribution in [0, 0.1) is 0 Å². The average molecular weight is 901 g/mol. The van der Waals surface area contributed by atoms with Crippen LogP contribution in [-0.4, -0.2) is 37.2 Å². The molecule has 6 nitrogen and oxygen atoms in total. The SMILES string of the molecule is CCC=CCC=CCC=CCCCCCCCC(=O)OC[C@@H](COC(=O)CCCC=CCC=CCC=CCC=CCCCCC)OC(=O)CCCCCCCC=CCC=CCCCCC. The third kappa shape index (κ3) is 50.9. The molecule has 0 aromatic rings. The second kappa shape index (κ2) is 52.7. The Bertz CT molecular complexity index is 1360. The second-order valence-corrected chi connectivity index (χ2v) is 17.0. The van der Waals surface area contributed by atoms with E-state index in [0.717, 1.165) is 128 Å². The van der Waals surface area contributed by atoms with Crippen LogP contribution >= 0.6 is 0 Å². The minimum absolute atomic E-state index is 0.112. The lowest BCUT2D eigenvalue weighted by molar-refractivity contribution is -0.167. The maximum Gasteiger partial charge on any atom is 0.306 e. The number of hydrogen-bond acceptors (Lipinski definition) is 6. The highest BCUT2D eigenvalue weighted by atomic mass is 16.6. The maximum atomic E-state index is 12.8. The van der Waals surface area contributed by atoms with Crippen molar-refractivity contribution in [1.82, 2.24) is 0 Å². The van der Waals surface area contributed by atoms with Gasteiger partial charge in [-0.15, -0.1) is 0 Å². The van der Waals surface area contributed by atoms with Crippen molar-refractivity contribution in [2.75, 3.05) is 13.2 Å². The quantitative estimate of drug-likeness (QED) is 0.0262. The van der Waals surface area contributed by atoms with Crippen LogP contribution in [0.4, 0.5) is 0 Å². The smallest absolute Gasteiger partial charge is 0.306 e. The number of unbranched alkanes of at least 4 members (excludes halogenated alkanes) is 17. The van der Waals surface area contributed by atoms with E-state index >= 15 is 0 Å². The van der Waals surface area contributed by atoms with Crippen LogP contribution in [-0.2, 0) is 28.6 Å². The molecule has 6 heteroatoms. The molecule has 0 unspecified atom stereocenters. The van der Waals surface area contributed by atoms with Crippen LogP contribution in [0.1, 0.15) is 226 Å². The maximum absolute atomic E-state index is 12.8. The Morgan fingerprint density at radius 3 is 1.00 bits per heavy atom. The molecular formula is C59H96O6. The Hall–Kier alpha value is -3.93. The fourth-order valence-corrected chi connectivity index (χ4v) is 6.77. The largest absolute Gasteiger partial charge is 0.462 e. The number of rotatable bonds is 46. The number of allylic oxidation sites excluding steroid dienone is 18. The lowest BCUT2D eigenvalue weighted by Gasteiger charge is -2.18. The van der Waals surface area contributed by atoms with Gasteiger partial charge in [0.1, 0.15) is 13.2 Å². The third-order valence-corrected chi connectivity index (χ3v) is 10.7. The van der Waals surface area contributed by atoms with E-state index in [1.165, 1.54) is 51.4 Å². The van der Waals surface area contributed by atoms with E-state index in [-0.39, 0.29) is 37.5 Å². The van der Waals surface area contributed by atoms with Crippen molar-refractivity contribution < 1.29 is 28.6 Å². The highest BCUT2D eigenvalue weighted by molar-refractivity contribution is 5.71. The first-order valence-corrected chi connectivity index (χ1v) is 26.4. The van der Waals surface area contributed by atoms with Crippen molar-refractivity contribution in [3.05, 3.63) is 109 Å². The van der Waals surface area contributed by atoms with Crippen molar-refractivity contribution in [2.45, 2.75) is 232 Å². The van der Waals surface area contributed by atoms with Crippen LogP contribution < -0.4 is 0 Å². The lowest BCUT2D eigenvalue weighted by atomic mass is 10.1. The Balaban J connectivity index is 4.54. The van der Waals surface area contributed by atoms with E-state index in [4.69, 9.17) is 14.2 Å². The zero-order chi connectivity index (χ0) is 47.2. The van der Waals surface area contributed by atoms with Gasteiger partial charge in [-0.1, -0.05) is 194 Å². The highest BCUT2D eigenvalue weighted by Crippen LogP contribution is 2.12. The van der Waals surface area contributed by atoms with E-state index < -0.39 is 6.10 Å². The standard InChI is InChI=1S/C59H96O6/c1-4-7-10-13-16-19-22-25-28-29-32-34-37-40-43-46-49-52-58(61)64-55-56(65-59(62)53-50-47-44-41-38-35-31-27-24-21-18-15-12-9-6-3)54-63-57(60)51-48-45-42-39-36-33-30-26-23-20-17-14-11-8-5-2/h8,11,16-21,25-28,30-32,34,40,43,56H,4-7,9-10,12-15,22-24,29,33,35-39,41-42,44-55H2,1-3H3/t56-/m0/s1. The van der Waals surface area contributed by atoms with E-state index in [2.05, 4.69) is 130 Å². The molecule has 0 aliphatic rings. The van der Waals surface area contributed by atoms with E-state index in [9.17, 15) is 14.4 Å². The van der Waals surface area contributed by atoms with Gasteiger partial charge in [0.15, 0.2) is 6.10 Å². The zero-order valence-corrected chi connectivity index (χ0v) is 42.0. The normalized spacial score (nSPS) is 13.0. The number of ether oxygens (including phenoxy) is 3. The molecule has 368 valence electrons. The molecule has 0 aromatic carbocycles. The molecule has 0 rings (SSSR count). The van der Waals surface area contributed by atoms with Gasteiger partial charge in [-0.3, -0.25) is 14.4 Å². The van der Waals surface area contributed by atoms with Gasteiger partial charge in [0.05, 0.1) is 0 Å². The molecule has 0 fully saturated rings. The molecule has 0 saturated heterocycles. The number of hydrogen-bond donors (Lipinski definition) is 0. The van der Waals surface area contributed by atoms with Gasteiger partial charge >= 0.3 is 17.9 Å². The Kier molecular flexibility index (Phi) is 49.5. The zero-order valence-electron chi connectivity index (χ0n) is 42.0. The van der Waals surface area contributed by atoms with Crippen molar-refractivity contribution in [2.24, 2.45) is 0 Å². The molecule has 0 heterocycles. The second-order valence-electron chi connectivity index (χ2n) is 17.0. The summed E-state index contributed by atoms with van der Waals surface area (Å²) in [5, 5.41) is 0. The molecule has 0 radical (unpaired) electrons. The molecule has 0 bridgehead atoms. The molecule has 1 atom stereocenters. The van der Waals surface area contributed by atoms with Crippen LogP contribution in [0.5, 0.6) is 0 Å². The lowest BCUT2D eigenvalue weighted by Crippen LogP contribution is -2.30. The molecule has 0 spiro atoms. The van der Waals surface area contributed by atoms with Crippen LogP contribution in [0.25, 0.3) is 0 Å². The predicted octanol–water partition coefficient (Wildman–Crippen LogP) is 17.5. The topological polar surface area (TPSA) is 78.9 Å². The van der Waals surface area contributed by atoms with Gasteiger partial charge in [-0.25, -0.2) is 0 Å². The summed E-state index contributed by atoms with van der Waals surface area (Å²) in [6, 6.07) is 0. The van der Waals surface area contributed by atoms with Gasteiger partial charge in [-0.05, 0) is 122 Å². The molecule has 65 heavy (non-hydrogen) atoms. The van der Waals surface area contributed by atoms with Crippen molar-refractivity contribution in [3.63, 3.8) is 0 Å². The van der Waals surface area contributed by atoms with Gasteiger partial charge < -0.3 is 14.2 Å². The Morgan fingerprint density at radius 1 is 0.323 bits per heavy atom. The monoisotopic (exact) mass is 901 g/mol. The fourth-order valence-electron chi connectivity index (χ4n) is 6.77. The van der Waals surface area contributed by atoms with Crippen molar-refractivity contribution >= 4 is 17.9 Å².